The summed E-state index contributed by atoms with van der Waals surface area (Å²) in [4.78, 5) is 46.1. The van der Waals surface area contributed by atoms with E-state index in [1.807, 2.05) is 29.3 Å². The van der Waals surface area contributed by atoms with Crippen LogP contribution in [0, 0.1) is 17.0 Å². The number of benzene rings is 2. The molecule has 13 heteroatoms. The Morgan fingerprint density at radius 1 is 1.09 bits per heavy atom. The topological polar surface area (TPSA) is 103 Å². The van der Waals surface area contributed by atoms with Crippen LogP contribution in [0.25, 0.3) is 21.7 Å². The summed E-state index contributed by atoms with van der Waals surface area (Å²) < 4.78 is 47.6. The van der Waals surface area contributed by atoms with Crippen LogP contribution in [0.4, 0.5) is 13.6 Å². The minimum atomic E-state index is -1.01. The van der Waals surface area contributed by atoms with Crippen LogP contribution in [0.15, 0.2) is 59.0 Å². The number of hydrogen-bond donors (Lipinski definition) is 0. The number of pyridine rings is 1. The van der Waals surface area contributed by atoms with Crippen molar-refractivity contribution in [3.05, 3.63) is 92.9 Å². The Bertz CT molecular complexity index is 1970. The highest BCUT2D eigenvalue weighted by atomic mass is 32.1. The van der Waals surface area contributed by atoms with Gasteiger partial charge in [0.15, 0.2) is 17.3 Å². The fourth-order valence-electron chi connectivity index (χ4n) is 7.56. The van der Waals surface area contributed by atoms with Crippen LogP contribution in [0.1, 0.15) is 59.8 Å². The van der Waals surface area contributed by atoms with Gasteiger partial charge in [-0.2, -0.15) is 0 Å². The highest BCUT2D eigenvalue weighted by Gasteiger charge is 2.53. The van der Waals surface area contributed by atoms with Crippen molar-refractivity contribution in [3.63, 3.8) is 0 Å². The molecule has 2 fully saturated rings. The first-order valence-electron chi connectivity index (χ1n) is 15.0. The molecule has 4 heterocycles. The van der Waals surface area contributed by atoms with E-state index in [1.54, 1.807) is 21.2 Å². The number of piperidine rings is 1. The van der Waals surface area contributed by atoms with Crippen molar-refractivity contribution >= 4 is 23.4 Å². The van der Waals surface area contributed by atoms with Crippen molar-refractivity contribution in [2.24, 2.45) is 5.41 Å². The van der Waals surface area contributed by atoms with Gasteiger partial charge in [0, 0.05) is 24.4 Å². The molecule has 8 rings (SSSR count). The Hall–Kier alpha value is -4.78. The van der Waals surface area contributed by atoms with Gasteiger partial charge in [-0.15, -0.1) is 11.3 Å². The number of nitrogens with zero attached hydrogens (tertiary/aromatic N) is 4. The average molecular weight is 647 g/mol. The predicted octanol–water partition coefficient (Wildman–Crippen LogP) is 5.82. The SMILES string of the molecule is COC(=O)OCOc1c2n(ccc1=O)N([C@@H]1c3ccccc3-c3scnc3-c3c1ccc(F)c3F)[C@@H]1CC3(CCC3)CCN1C2=O. The first-order chi connectivity index (χ1) is 22.3. The van der Waals surface area contributed by atoms with Gasteiger partial charge in [-0.05, 0) is 53.9 Å². The number of methoxy groups -OCH3 is 1. The van der Waals surface area contributed by atoms with Crippen LogP contribution in [-0.4, -0.2) is 53.2 Å². The molecule has 2 aliphatic carbocycles. The number of aromatic nitrogens is 2. The van der Waals surface area contributed by atoms with Crippen molar-refractivity contribution in [2.45, 2.75) is 44.3 Å². The lowest BCUT2D eigenvalue weighted by Gasteiger charge is -2.58. The van der Waals surface area contributed by atoms with Gasteiger partial charge in [0.1, 0.15) is 6.17 Å². The summed E-state index contributed by atoms with van der Waals surface area (Å²) in [7, 11) is 1.14. The maximum atomic E-state index is 16.0. The first kappa shape index (κ1) is 28.7. The molecule has 0 radical (unpaired) electrons. The quantitative estimate of drug-likeness (QED) is 0.202. The van der Waals surface area contributed by atoms with Gasteiger partial charge < -0.3 is 19.1 Å². The summed E-state index contributed by atoms with van der Waals surface area (Å²) in [6.45, 7) is -0.223. The third kappa shape index (κ3) is 4.17. The molecule has 1 amide bonds. The number of hydrogen-bond acceptors (Lipinski definition) is 9. The second-order valence-electron chi connectivity index (χ2n) is 12.1. The minimum Gasteiger partial charge on any atom is -0.451 e. The van der Waals surface area contributed by atoms with Crippen molar-refractivity contribution in [1.82, 2.24) is 14.6 Å². The molecule has 4 aromatic rings. The van der Waals surface area contributed by atoms with Crippen molar-refractivity contribution in [1.29, 1.82) is 0 Å². The molecule has 4 aliphatic rings. The van der Waals surface area contributed by atoms with E-state index in [4.69, 9.17) is 9.47 Å². The van der Waals surface area contributed by atoms with Crippen LogP contribution in [0.3, 0.4) is 0 Å². The molecule has 2 aromatic heterocycles. The van der Waals surface area contributed by atoms with Crippen LogP contribution in [0.5, 0.6) is 5.75 Å². The summed E-state index contributed by atoms with van der Waals surface area (Å²) in [5, 5.41) is 2.00. The zero-order valence-corrected chi connectivity index (χ0v) is 25.5. The van der Waals surface area contributed by atoms with Gasteiger partial charge in [0.25, 0.3) is 5.91 Å². The summed E-state index contributed by atoms with van der Waals surface area (Å²) in [6.07, 6.45) is 4.66. The molecular weight excluding hydrogens is 618 g/mol. The van der Waals surface area contributed by atoms with Crippen LogP contribution in [-0.2, 0) is 9.47 Å². The Balaban J connectivity index is 1.39. The average Bonchev–Trinajstić information content (AvgIpc) is 3.49. The van der Waals surface area contributed by atoms with E-state index in [2.05, 4.69) is 9.72 Å². The van der Waals surface area contributed by atoms with Crippen LogP contribution < -0.4 is 15.2 Å². The van der Waals surface area contributed by atoms with E-state index in [-0.39, 0.29) is 22.4 Å². The molecule has 0 bridgehead atoms. The maximum absolute atomic E-state index is 16.0. The van der Waals surface area contributed by atoms with Gasteiger partial charge in [-0.3, -0.25) is 19.3 Å². The largest absolute Gasteiger partial charge is 0.510 e. The Morgan fingerprint density at radius 3 is 2.70 bits per heavy atom. The molecule has 236 valence electrons. The van der Waals surface area contributed by atoms with E-state index in [9.17, 15) is 18.8 Å². The lowest BCUT2D eigenvalue weighted by atomic mass is 9.62. The fraction of sp³-hybridized carbons (Fsp3) is 0.333. The third-order valence-corrected chi connectivity index (χ3v) is 10.7. The predicted molar refractivity (Wildman–Crippen MR) is 163 cm³/mol. The molecular formula is C33H28F2N4O6S. The number of carbonyl (C=O) groups excluding carboxylic acids is 2. The zero-order chi connectivity index (χ0) is 31.7. The van der Waals surface area contributed by atoms with Gasteiger partial charge >= 0.3 is 6.16 Å². The number of fused-ring (bicyclic) bond motifs is 7. The molecule has 0 unspecified atom stereocenters. The van der Waals surface area contributed by atoms with Gasteiger partial charge in [0.2, 0.25) is 18.0 Å². The second-order valence-corrected chi connectivity index (χ2v) is 12.9. The van der Waals surface area contributed by atoms with Crippen molar-refractivity contribution in [3.8, 4) is 27.4 Å². The molecule has 1 saturated carbocycles. The van der Waals surface area contributed by atoms with E-state index >= 15 is 4.39 Å². The molecule has 2 atom stereocenters. The fourth-order valence-corrected chi connectivity index (χ4v) is 8.41. The summed E-state index contributed by atoms with van der Waals surface area (Å²) in [5.41, 5.74) is 3.52. The number of halogens is 2. The van der Waals surface area contributed by atoms with Crippen LogP contribution in [0.2, 0.25) is 0 Å². The highest BCUT2D eigenvalue weighted by molar-refractivity contribution is 7.13. The lowest BCUT2D eigenvalue weighted by Crippen LogP contribution is -2.66. The highest BCUT2D eigenvalue weighted by Crippen LogP contribution is 2.55. The number of rotatable bonds is 4. The first-order valence-corrected chi connectivity index (χ1v) is 15.9. The Labute approximate surface area is 265 Å². The van der Waals surface area contributed by atoms with Crippen LogP contribution >= 0.6 is 11.3 Å². The second kappa shape index (κ2) is 10.6. The maximum Gasteiger partial charge on any atom is 0.510 e. The van der Waals surface area contributed by atoms with E-state index in [0.717, 1.165) is 50.0 Å². The normalized spacial score (nSPS) is 20.4. The van der Waals surface area contributed by atoms with E-state index in [0.29, 0.717) is 29.1 Å². The van der Waals surface area contributed by atoms with E-state index in [1.165, 1.54) is 23.6 Å². The molecule has 46 heavy (non-hydrogen) atoms. The van der Waals surface area contributed by atoms with E-state index < -0.39 is 48.1 Å². The van der Waals surface area contributed by atoms with Gasteiger partial charge in [-0.25, -0.2) is 18.6 Å². The molecule has 10 nitrogen and oxygen atoms in total. The molecule has 2 aromatic carbocycles. The lowest BCUT2D eigenvalue weighted by molar-refractivity contribution is -0.0175. The number of thiazole rings is 1. The number of ether oxygens (including phenoxy) is 3. The van der Waals surface area contributed by atoms with Gasteiger partial charge in [-0.1, -0.05) is 36.8 Å². The molecule has 1 spiro atoms. The summed E-state index contributed by atoms with van der Waals surface area (Å²) in [5.74, 6) is -2.70. The smallest absolute Gasteiger partial charge is 0.451 e. The number of carbonyl (C=O) groups is 2. The molecule has 0 N–H and O–H groups in total. The Kier molecular flexibility index (Phi) is 6.64. The summed E-state index contributed by atoms with van der Waals surface area (Å²) in [6, 6.07) is 10.9. The zero-order valence-electron chi connectivity index (χ0n) is 24.7. The van der Waals surface area contributed by atoms with Gasteiger partial charge in [0.05, 0.1) is 29.2 Å². The molecule has 1 saturated heterocycles. The van der Waals surface area contributed by atoms with Crippen molar-refractivity contribution in [2.75, 3.05) is 25.5 Å². The summed E-state index contributed by atoms with van der Waals surface area (Å²) >= 11 is 1.34. The number of amides is 1. The minimum absolute atomic E-state index is 0.0468. The standard InChI is InChI=1S/C33H28F2N4O6S/c1-43-32(42)45-17-44-29-22(40)9-13-38-28(29)31(41)37-14-12-33(10-4-11-33)15-23(37)39(38)27-18-5-2-3-6-19(18)30-26(36-16-46-30)24-20(27)7-8-21(34)25(24)35/h2-3,5-9,13,16,23,27H,4,10-12,14-15,17H2,1H3/t23-,27-/m1/s1. The molecule has 2 aliphatic heterocycles. The Morgan fingerprint density at radius 2 is 1.91 bits per heavy atom. The van der Waals surface area contributed by atoms with Crippen molar-refractivity contribution < 1.29 is 32.6 Å². The third-order valence-electron chi connectivity index (χ3n) is 9.86. The monoisotopic (exact) mass is 646 g/mol.